The number of hydrogen-bond acceptors (Lipinski definition) is 7. The van der Waals surface area contributed by atoms with Crippen molar-refractivity contribution in [3.63, 3.8) is 0 Å². The lowest BCUT2D eigenvalue weighted by Gasteiger charge is -2.10. The van der Waals surface area contributed by atoms with Crippen LogP contribution in [0.4, 0.5) is 5.00 Å². The summed E-state index contributed by atoms with van der Waals surface area (Å²) in [7, 11) is 0. The number of allylic oxidation sites excluding steroid dienone is 1. The lowest BCUT2D eigenvalue weighted by Crippen LogP contribution is -2.14. The molecule has 5 rings (SSSR count). The summed E-state index contributed by atoms with van der Waals surface area (Å²) >= 11 is 4.60. The minimum Gasteiger partial charge on any atom is -0.316 e. The second kappa shape index (κ2) is 12.1. The minimum atomic E-state index is -0.147. The maximum absolute atomic E-state index is 13.0. The van der Waals surface area contributed by atoms with Gasteiger partial charge in [0.2, 0.25) is 5.91 Å². The van der Waals surface area contributed by atoms with Crippen LogP contribution in [0.1, 0.15) is 46.6 Å². The fourth-order valence-corrected chi connectivity index (χ4v) is 7.76. The highest BCUT2D eigenvalue weighted by Gasteiger charge is 2.23. The number of hydrogen-bond donors (Lipinski definition) is 1. The average Bonchev–Trinajstić information content (AvgIpc) is 3.58. The van der Waals surface area contributed by atoms with Crippen molar-refractivity contribution in [1.29, 1.82) is 5.26 Å². The largest absolute Gasteiger partial charge is 0.316 e. The number of carbonyl (C=O) groups is 1. The summed E-state index contributed by atoms with van der Waals surface area (Å²) in [5.41, 5.74) is 5.10. The van der Waals surface area contributed by atoms with Crippen LogP contribution >= 0.6 is 34.4 Å². The number of carbonyl (C=O) groups excluding carboxylic acids is 1. The van der Waals surface area contributed by atoms with Gasteiger partial charge in [0, 0.05) is 32.8 Å². The molecular weight excluding hydrogens is 531 g/mol. The number of aryl methyl sites for hydroxylation is 2. The standard InChI is InChI=1S/C29H29N5OS3/c1-3-15-34-27(23-17-36-19(2)26(23)20-11-7-6-8-12-20)32-33-29(34)37-18-25(35)31-28-22(16-30)21-13-9-4-5-10-14-24(21)38-28/h3,6-8,11-12,17H,1,4-5,9-10,13-15,18H2,2H3,(H,31,35). The predicted molar refractivity (Wildman–Crippen MR) is 158 cm³/mol. The quantitative estimate of drug-likeness (QED) is 0.179. The lowest BCUT2D eigenvalue weighted by molar-refractivity contribution is -0.113. The molecule has 1 N–H and O–H groups in total. The highest BCUT2D eigenvalue weighted by Crippen LogP contribution is 2.40. The Morgan fingerprint density at radius 3 is 2.76 bits per heavy atom. The first-order valence-electron chi connectivity index (χ1n) is 12.8. The SMILES string of the molecule is C=CCn1c(SCC(=O)Nc2sc3c(c2C#N)CCCCCC3)nnc1-c1csc(C)c1-c1ccccc1. The number of aromatic nitrogens is 3. The molecule has 0 unspecified atom stereocenters. The molecule has 1 aromatic carbocycles. The van der Waals surface area contributed by atoms with Crippen molar-refractivity contribution in [3.05, 3.63) is 69.2 Å². The summed E-state index contributed by atoms with van der Waals surface area (Å²) in [4.78, 5) is 15.4. The zero-order chi connectivity index (χ0) is 26.5. The van der Waals surface area contributed by atoms with E-state index < -0.39 is 0 Å². The highest BCUT2D eigenvalue weighted by molar-refractivity contribution is 7.99. The molecule has 1 aliphatic rings. The fraction of sp³-hybridized carbons (Fsp3) is 0.310. The molecule has 38 heavy (non-hydrogen) atoms. The summed E-state index contributed by atoms with van der Waals surface area (Å²) in [5.74, 6) is 0.796. The molecule has 0 saturated carbocycles. The van der Waals surface area contributed by atoms with Gasteiger partial charge in [0.25, 0.3) is 0 Å². The number of thioether (sulfide) groups is 1. The zero-order valence-electron chi connectivity index (χ0n) is 21.3. The third-order valence-corrected chi connectivity index (χ3v) is 9.76. The number of fused-ring (bicyclic) bond motifs is 1. The van der Waals surface area contributed by atoms with Gasteiger partial charge in [-0.25, -0.2) is 0 Å². The molecule has 6 nitrogen and oxygen atoms in total. The van der Waals surface area contributed by atoms with Gasteiger partial charge in [0.1, 0.15) is 11.1 Å². The Bertz CT molecular complexity index is 1490. The average molecular weight is 560 g/mol. The van der Waals surface area contributed by atoms with Crippen molar-refractivity contribution in [3.8, 4) is 28.6 Å². The van der Waals surface area contributed by atoms with Crippen LogP contribution < -0.4 is 5.32 Å². The molecule has 1 amide bonds. The molecule has 3 aromatic heterocycles. The first-order valence-corrected chi connectivity index (χ1v) is 15.4. The van der Waals surface area contributed by atoms with E-state index in [0.717, 1.165) is 53.8 Å². The van der Waals surface area contributed by atoms with Crippen LogP contribution in [0.15, 0.2) is 53.5 Å². The first-order chi connectivity index (χ1) is 18.6. The molecule has 0 atom stereocenters. The molecule has 9 heteroatoms. The van der Waals surface area contributed by atoms with Gasteiger partial charge in [0.15, 0.2) is 11.0 Å². The normalized spacial score (nSPS) is 13.3. The van der Waals surface area contributed by atoms with Gasteiger partial charge < -0.3 is 5.32 Å². The van der Waals surface area contributed by atoms with Crippen molar-refractivity contribution < 1.29 is 4.79 Å². The van der Waals surface area contributed by atoms with E-state index >= 15 is 0 Å². The van der Waals surface area contributed by atoms with E-state index in [1.807, 2.05) is 28.8 Å². The predicted octanol–water partition coefficient (Wildman–Crippen LogP) is 7.49. The second-order valence-electron chi connectivity index (χ2n) is 9.22. The van der Waals surface area contributed by atoms with Crippen LogP contribution in [-0.4, -0.2) is 26.4 Å². The van der Waals surface area contributed by atoms with Gasteiger partial charge in [-0.1, -0.05) is 61.0 Å². The number of nitrogens with zero attached hydrogens (tertiary/aromatic N) is 4. The van der Waals surface area contributed by atoms with Crippen LogP contribution in [0.5, 0.6) is 0 Å². The van der Waals surface area contributed by atoms with Gasteiger partial charge in [-0.2, -0.15) is 5.26 Å². The van der Waals surface area contributed by atoms with Crippen LogP contribution in [0.25, 0.3) is 22.5 Å². The maximum Gasteiger partial charge on any atom is 0.235 e. The van der Waals surface area contributed by atoms with E-state index in [2.05, 4.69) is 52.6 Å². The van der Waals surface area contributed by atoms with Gasteiger partial charge in [0.05, 0.1) is 11.3 Å². The van der Waals surface area contributed by atoms with E-state index in [4.69, 9.17) is 0 Å². The molecular formula is C29H29N5OS3. The number of nitriles is 1. The van der Waals surface area contributed by atoms with E-state index in [1.165, 1.54) is 34.4 Å². The smallest absolute Gasteiger partial charge is 0.235 e. The van der Waals surface area contributed by atoms with Gasteiger partial charge in [-0.3, -0.25) is 9.36 Å². The number of anilines is 1. The fourth-order valence-electron chi connectivity index (χ4n) is 4.89. The van der Waals surface area contributed by atoms with E-state index in [-0.39, 0.29) is 11.7 Å². The molecule has 4 aromatic rings. The van der Waals surface area contributed by atoms with E-state index in [9.17, 15) is 10.1 Å². The minimum absolute atomic E-state index is 0.147. The van der Waals surface area contributed by atoms with Gasteiger partial charge in [-0.05, 0) is 43.7 Å². The molecule has 0 saturated heterocycles. The molecule has 194 valence electrons. The Morgan fingerprint density at radius 1 is 1.21 bits per heavy atom. The Kier molecular flexibility index (Phi) is 8.42. The molecule has 1 aliphatic carbocycles. The molecule has 0 aliphatic heterocycles. The Balaban J connectivity index is 1.35. The van der Waals surface area contributed by atoms with Crippen molar-refractivity contribution in [1.82, 2.24) is 14.8 Å². The third-order valence-electron chi connectivity index (χ3n) is 6.68. The van der Waals surface area contributed by atoms with E-state index in [0.29, 0.717) is 22.3 Å². The first kappa shape index (κ1) is 26.4. The summed E-state index contributed by atoms with van der Waals surface area (Å²) in [6.45, 7) is 6.57. The molecule has 3 heterocycles. The topological polar surface area (TPSA) is 83.6 Å². The number of benzene rings is 1. The zero-order valence-corrected chi connectivity index (χ0v) is 23.8. The maximum atomic E-state index is 13.0. The number of amides is 1. The summed E-state index contributed by atoms with van der Waals surface area (Å²) in [6, 6.07) is 12.6. The summed E-state index contributed by atoms with van der Waals surface area (Å²) < 4.78 is 2.01. The number of nitrogens with one attached hydrogen (secondary N) is 1. The third kappa shape index (κ3) is 5.48. The Hall–Kier alpha value is -3.19. The highest BCUT2D eigenvalue weighted by atomic mass is 32.2. The van der Waals surface area contributed by atoms with Crippen LogP contribution in [0, 0.1) is 18.3 Å². The summed E-state index contributed by atoms with van der Waals surface area (Å²) in [6.07, 6.45) is 8.38. The van der Waals surface area contributed by atoms with Crippen LogP contribution in [0.3, 0.4) is 0 Å². The molecule has 0 spiro atoms. The van der Waals surface area contributed by atoms with Crippen molar-refractivity contribution in [2.75, 3.05) is 11.1 Å². The van der Waals surface area contributed by atoms with E-state index in [1.54, 1.807) is 22.7 Å². The van der Waals surface area contributed by atoms with Gasteiger partial charge in [-0.15, -0.1) is 39.4 Å². The van der Waals surface area contributed by atoms with Crippen LogP contribution in [-0.2, 0) is 24.2 Å². The Labute approximate surface area is 235 Å². The monoisotopic (exact) mass is 559 g/mol. The van der Waals surface area contributed by atoms with Crippen molar-refractivity contribution in [2.45, 2.75) is 57.1 Å². The second-order valence-corrected chi connectivity index (χ2v) is 12.4. The molecule has 0 fully saturated rings. The number of thiophene rings is 2. The van der Waals surface area contributed by atoms with Crippen molar-refractivity contribution >= 4 is 45.3 Å². The van der Waals surface area contributed by atoms with Crippen LogP contribution in [0.2, 0.25) is 0 Å². The van der Waals surface area contributed by atoms with Gasteiger partial charge >= 0.3 is 0 Å². The Morgan fingerprint density at radius 2 is 2.00 bits per heavy atom. The lowest BCUT2D eigenvalue weighted by atomic mass is 9.97. The summed E-state index contributed by atoms with van der Waals surface area (Å²) in [5, 5.41) is 25.3. The molecule has 0 bridgehead atoms. The van der Waals surface area contributed by atoms with Crippen molar-refractivity contribution in [2.24, 2.45) is 0 Å². The molecule has 0 radical (unpaired) electrons. The number of rotatable bonds is 8.